The molecular weight excluding hydrogens is 424 g/mol. The third kappa shape index (κ3) is 5.00. The molecule has 1 fully saturated rings. The van der Waals surface area contributed by atoms with Crippen molar-refractivity contribution in [1.82, 2.24) is 15.6 Å². The molecule has 0 saturated carbocycles. The largest absolute Gasteiger partial charge is 0.484 e. The molecule has 0 bridgehead atoms. The second-order valence-electron chi connectivity index (χ2n) is 7.86. The number of carbonyl (C=O) groups is 4. The van der Waals surface area contributed by atoms with E-state index >= 15 is 0 Å². The van der Waals surface area contributed by atoms with Gasteiger partial charge in [0.25, 0.3) is 17.7 Å². The fraction of sp³-hybridized carbons (Fsp3) is 0.400. The molecule has 1 aromatic carbocycles. The number of para-hydroxylation sites is 1. The van der Waals surface area contributed by atoms with Crippen LogP contribution in [0.2, 0.25) is 0 Å². The fourth-order valence-corrected chi connectivity index (χ4v) is 4.42. The highest BCUT2D eigenvalue weighted by Gasteiger charge is 2.55. The van der Waals surface area contributed by atoms with E-state index in [0.717, 1.165) is 0 Å². The van der Waals surface area contributed by atoms with Gasteiger partial charge in [-0.3, -0.25) is 24.7 Å². The van der Waals surface area contributed by atoms with Crippen LogP contribution < -0.4 is 21.3 Å². The van der Waals surface area contributed by atoms with Crippen LogP contribution in [0.5, 0.6) is 5.75 Å². The number of fused-ring (bicyclic) bond motifs is 1. The summed E-state index contributed by atoms with van der Waals surface area (Å²) in [6, 6.07) is 7.95. The molecule has 0 aliphatic carbocycles. The number of benzene rings is 1. The summed E-state index contributed by atoms with van der Waals surface area (Å²) in [5, 5.41) is 2.07. The van der Waals surface area contributed by atoms with Gasteiger partial charge in [0.1, 0.15) is 28.5 Å². The van der Waals surface area contributed by atoms with Crippen molar-refractivity contribution in [3.05, 3.63) is 41.6 Å². The van der Waals surface area contributed by atoms with Gasteiger partial charge < -0.3 is 14.8 Å². The van der Waals surface area contributed by atoms with Gasteiger partial charge in [0.15, 0.2) is 6.61 Å². The number of β-lactam (4-membered cyclic amide) rings is 1. The minimum atomic E-state index is -0.850. The summed E-state index contributed by atoms with van der Waals surface area (Å²) in [5.41, 5.74) is 1.05. The summed E-state index contributed by atoms with van der Waals surface area (Å²) >= 11 is 1.24. The molecule has 2 heterocycles. The highest BCUT2D eigenvalue weighted by Crippen LogP contribution is 2.41. The number of thioether (sulfide) groups is 1. The monoisotopic (exact) mass is 448 g/mol. The van der Waals surface area contributed by atoms with Crippen molar-refractivity contribution in [3.8, 4) is 5.75 Å². The van der Waals surface area contributed by atoms with E-state index in [0.29, 0.717) is 5.75 Å². The van der Waals surface area contributed by atoms with Gasteiger partial charge in [-0.1, -0.05) is 18.2 Å². The molecule has 2 aliphatic heterocycles. The van der Waals surface area contributed by atoms with Crippen LogP contribution in [0, 0.1) is 0 Å². The van der Waals surface area contributed by atoms with Gasteiger partial charge in [-0.05, 0) is 32.9 Å². The molecule has 0 aromatic heterocycles. The number of rotatable bonds is 6. The van der Waals surface area contributed by atoms with Crippen molar-refractivity contribution in [3.63, 3.8) is 0 Å². The van der Waals surface area contributed by atoms with Gasteiger partial charge in [0.2, 0.25) is 0 Å². The molecule has 1 saturated heterocycles. The lowest BCUT2D eigenvalue weighted by Gasteiger charge is -2.49. The smallest absolute Gasteiger partial charge is 0.356 e. The zero-order chi connectivity index (χ0) is 22.8. The Morgan fingerprint density at radius 3 is 2.52 bits per heavy atom. The van der Waals surface area contributed by atoms with Crippen LogP contribution in [-0.2, 0) is 23.9 Å². The molecule has 10 nitrogen and oxygen atoms in total. The lowest BCUT2D eigenvalue weighted by molar-refractivity contribution is -0.159. The topological polar surface area (TPSA) is 140 Å². The summed E-state index contributed by atoms with van der Waals surface area (Å²) in [6.45, 7) is 4.77. The van der Waals surface area contributed by atoms with E-state index < -0.39 is 40.7 Å². The second kappa shape index (κ2) is 8.98. The van der Waals surface area contributed by atoms with E-state index in [-0.39, 0.29) is 23.6 Å². The average Bonchev–Trinajstić information content (AvgIpc) is 2.73. The zero-order valence-electron chi connectivity index (χ0n) is 17.3. The number of nitrogens with zero attached hydrogens (tertiary/aromatic N) is 1. The number of nitrogens with two attached hydrogens (primary N) is 1. The number of amides is 3. The molecule has 2 aliphatic rings. The van der Waals surface area contributed by atoms with Gasteiger partial charge in [0.05, 0.1) is 5.57 Å². The first kappa shape index (κ1) is 22.6. The standard InChI is InChI=1S/C20H24N4O6S/c1-20(2,3)30-19(28)15-12(16(26)23-21)10-31-18-14(17(27)24(15)18)22-13(25)9-29-11-7-5-4-6-8-11/h4-8,14,18H,9-10,21H2,1-3H3,(H,22,25)(H,23,26)/t14?,18-/m1/s1. The van der Waals surface area contributed by atoms with Gasteiger partial charge >= 0.3 is 5.97 Å². The molecule has 1 unspecified atom stereocenters. The van der Waals surface area contributed by atoms with Crippen LogP contribution in [0.4, 0.5) is 0 Å². The summed E-state index contributed by atoms with van der Waals surface area (Å²) in [5.74, 6) is 3.40. The quantitative estimate of drug-likeness (QED) is 0.182. The summed E-state index contributed by atoms with van der Waals surface area (Å²) in [7, 11) is 0. The first-order chi connectivity index (χ1) is 14.6. The highest BCUT2D eigenvalue weighted by molar-refractivity contribution is 8.00. The Hall–Kier alpha value is -3.05. The SMILES string of the molecule is CC(C)(C)OC(=O)C1=C(C(=O)NN)CS[C@@H]2C(NC(=O)COc3ccccc3)C(=O)N12. The number of hydrazine groups is 1. The van der Waals surface area contributed by atoms with E-state index in [1.54, 1.807) is 45.0 Å². The molecule has 1 aromatic rings. The lowest BCUT2D eigenvalue weighted by atomic mass is 10.0. The number of hydrogen-bond acceptors (Lipinski definition) is 8. The van der Waals surface area contributed by atoms with E-state index in [2.05, 4.69) is 5.32 Å². The van der Waals surface area contributed by atoms with Crippen LogP contribution in [-0.4, -0.2) is 58.0 Å². The van der Waals surface area contributed by atoms with Crippen LogP contribution in [0.15, 0.2) is 41.6 Å². The fourth-order valence-electron chi connectivity index (χ4n) is 3.08. The number of nitrogens with one attached hydrogen (secondary N) is 2. The highest BCUT2D eigenvalue weighted by atomic mass is 32.2. The van der Waals surface area contributed by atoms with E-state index in [4.69, 9.17) is 15.3 Å². The number of hydrogen-bond donors (Lipinski definition) is 3. The maximum Gasteiger partial charge on any atom is 0.356 e. The van der Waals surface area contributed by atoms with Gasteiger partial charge in [-0.25, -0.2) is 10.6 Å². The number of esters is 1. The minimum Gasteiger partial charge on any atom is -0.484 e. The van der Waals surface area contributed by atoms with E-state index in [9.17, 15) is 19.2 Å². The molecule has 3 amide bonds. The van der Waals surface area contributed by atoms with Crippen molar-refractivity contribution in [2.75, 3.05) is 12.4 Å². The first-order valence-electron chi connectivity index (χ1n) is 9.51. The third-order valence-corrected chi connectivity index (χ3v) is 5.68. The third-order valence-electron chi connectivity index (χ3n) is 4.40. The Morgan fingerprint density at radius 2 is 1.90 bits per heavy atom. The maximum atomic E-state index is 12.8. The van der Waals surface area contributed by atoms with Crippen molar-refractivity contribution in [1.29, 1.82) is 0 Å². The molecular formula is C20H24N4O6S. The Bertz CT molecular complexity index is 927. The van der Waals surface area contributed by atoms with Crippen LogP contribution in [0.3, 0.4) is 0 Å². The average molecular weight is 449 g/mol. The normalized spacial score (nSPS) is 20.4. The van der Waals surface area contributed by atoms with Crippen molar-refractivity contribution >= 4 is 35.5 Å². The van der Waals surface area contributed by atoms with Gasteiger partial charge in [-0.15, -0.1) is 11.8 Å². The van der Waals surface area contributed by atoms with Crippen molar-refractivity contribution in [2.24, 2.45) is 5.84 Å². The van der Waals surface area contributed by atoms with Crippen LogP contribution in [0.25, 0.3) is 0 Å². The summed E-state index contributed by atoms with van der Waals surface area (Å²) in [6.07, 6.45) is 0. The summed E-state index contributed by atoms with van der Waals surface area (Å²) < 4.78 is 10.8. The molecule has 2 atom stereocenters. The molecule has 4 N–H and O–H groups in total. The van der Waals surface area contributed by atoms with Crippen LogP contribution >= 0.6 is 11.8 Å². The lowest BCUT2D eigenvalue weighted by Crippen LogP contribution is -2.71. The summed E-state index contributed by atoms with van der Waals surface area (Å²) in [4.78, 5) is 51.2. The van der Waals surface area contributed by atoms with Crippen molar-refractivity contribution < 1.29 is 28.7 Å². The number of carbonyl (C=O) groups excluding carboxylic acids is 4. The predicted molar refractivity (Wildman–Crippen MR) is 112 cm³/mol. The molecule has 3 rings (SSSR count). The van der Waals surface area contributed by atoms with E-state index in [1.807, 2.05) is 11.5 Å². The molecule has 166 valence electrons. The first-order valence-corrected chi connectivity index (χ1v) is 10.6. The molecule has 0 spiro atoms. The van der Waals surface area contributed by atoms with Crippen LogP contribution in [0.1, 0.15) is 20.8 Å². The maximum absolute atomic E-state index is 12.8. The Labute approximate surface area is 183 Å². The predicted octanol–water partition coefficient (Wildman–Crippen LogP) is 0.0510. The van der Waals surface area contributed by atoms with Gasteiger partial charge in [0, 0.05) is 5.75 Å². The van der Waals surface area contributed by atoms with Crippen molar-refractivity contribution in [2.45, 2.75) is 37.8 Å². The van der Waals surface area contributed by atoms with E-state index in [1.165, 1.54) is 16.7 Å². The Balaban J connectivity index is 1.72. The minimum absolute atomic E-state index is 0.0449. The molecule has 31 heavy (non-hydrogen) atoms. The molecule has 11 heteroatoms. The number of ether oxygens (including phenoxy) is 2. The molecule has 0 radical (unpaired) electrons. The second-order valence-corrected chi connectivity index (χ2v) is 8.96. The zero-order valence-corrected chi connectivity index (χ0v) is 18.2. The van der Waals surface area contributed by atoms with Gasteiger partial charge in [-0.2, -0.15) is 0 Å². The Kier molecular flexibility index (Phi) is 6.56. The Morgan fingerprint density at radius 1 is 1.23 bits per heavy atom.